The van der Waals surface area contributed by atoms with Gasteiger partial charge in [-0.1, -0.05) is 11.2 Å². The average molecular weight is 817 g/mol. The predicted octanol–water partition coefficient (Wildman–Crippen LogP) is 3.74. The zero-order valence-electron chi connectivity index (χ0n) is 32.3. The highest BCUT2D eigenvalue weighted by Crippen LogP contribution is 2.35. The second kappa shape index (κ2) is 16.6. The number of hydrogen-bond donors (Lipinski definition) is 3. The van der Waals surface area contributed by atoms with Crippen LogP contribution in [0.5, 0.6) is 5.75 Å². The van der Waals surface area contributed by atoms with Gasteiger partial charge in [0.05, 0.1) is 16.6 Å². The highest BCUT2D eigenvalue weighted by Gasteiger charge is 2.32. The second-order valence-corrected chi connectivity index (χ2v) is 15.4. The van der Waals surface area contributed by atoms with Crippen LogP contribution in [0.1, 0.15) is 78.7 Å². The predicted molar refractivity (Wildman–Crippen MR) is 206 cm³/mol. The third-order valence-corrected chi connectivity index (χ3v) is 11.7. The number of carbonyl (C=O) groups excluding carboxylic acids is 3. The third kappa shape index (κ3) is 8.15. The van der Waals surface area contributed by atoms with E-state index in [4.69, 9.17) is 9.51 Å². The van der Waals surface area contributed by atoms with E-state index in [-0.39, 0.29) is 42.3 Å². The molecule has 1 unspecified atom stereocenters. The van der Waals surface area contributed by atoms with Gasteiger partial charge < -0.3 is 19.8 Å². The number of fused-ring (bicyclic) bond motifs is 1. The van der Waals surface area contributed by atoms with Crippen LogP contribution in [0.3, 0.4) is 0 Å². The number of imidazole rings is 1. The molecule has 0 radical (unpaired) electrons. The Labute approximate surface area is 335 Å². The maximum Gasteiger partial charge on any atom is 0.329 e. The molecule has 0 bridgehead atoms. The number of anilines is 1. The zero-order valence-corrected chi connectivity index (χ0v) is 32.3. The molecule has 3 aliphatic rings. The average Bonchev–Trinajstić information content (AvgIpc) is 3.84. The quantitative estimate of drug-likeness (QED) is 0.129. The van der Waals surface area contributed by atoms with E-state index in [1.54, 1.807) is 23.9 Å². The molecule has 3 amide bonds. The largest absolute Gasteiger partial charge is 0.503 e. The van der Waals surface area contributed by atoms with Crippen molar-refractivity contribution in [2.45, 2.75) is 63.3 Å². The van der Waals surface area contributed by atoms with Gasteiger partial charge in [0.2, 0.25) is 23.6 Å². The number of nitrogens with zero attached hydrogens (tertiary/aromatic N) is 8. The first-order valence-corrected chi connectivity index (χ1v) is 19.8. The summed E-state index contributed by atoms with van der Waals surface area (Å²) >= 11 is 0. The number of phenols is 1. The summed E-state index contributed by atoms with van der Waals surface area (Å²) in [4.78, 5) is 68.1. The number of aryl methyl sites for hydroxylation is 2. The van der Waals surface area contributed by atoms with Crippen LogP contribution < -0.4 is 21.2 Å². The molecule has 2 aliphatic heterocycles. The minimum Gasteiger partial charge on any atom is -0.503 e. The van der Waals surface area contributed by atoms with Crippen molar-refractivity contribution in [3.63, 3.8) is 0 Å². The number of aromatic hydroxyl groups is 1. The molecule has 8 rings (SSSR count). The van der Waals surface area contributed by atoms with Gasteiger partial charge in [-0.15, -0.1) is 0 Å². The van der Waals surface area contributed by atoms with Gasteiger partial charge in [-0.3, -0.25) is 33.7 Å². The third-order valence-electron chi connectivity index (χ3n) is 11.7. The zero-order chi connectivity index (χ0) is 41.4. The number of rotatable bonds is 11. The van der Waals surface area contributed by atoms with Gasteiger partial charge in [-0.2, -0.15) is 9.37 Å². The Morgan fingerprint density at radius 3 is 2.51 bits per heavy atom. The molecule has 3 aromatic heterocycles. The van der Waals surface area contributed by atoms with Gasteiger partial charge in [0.15, 0.2) is 23.2 Å². The molecule has 19 heteroatoms. The number of halogens is 3. The van der Waals surface area contributed by atoms with Crippen molar-refractivity contribution in [3.05, 3.63) is 81.4 Å². The molecule has 1 atom stereocenters. The van der Waals surface area contributed by atoms with E-state index in [1.165, 1.54) is 4.57 Å². The number of amides is 3. The van der Waals surface area contributed by atoms with Gasteiger partial charge >= 0.3 is 5.69 Å². The Morgan fingerprint density at radius 1 is 0.966 bits per heavy atom. The molecular formula is C40H43F3N10O6. The molecule has 3 fully saturated rings. The van der Waals surface area contributed by atoms with E-state index in [1.807, 2.05) is 18.2 Å². The Morgan fingerprint density at radius 2 is 1.75 bits per heavy atom. The summed E-state index contributed by atoms with van der Waals surface area (Å²) in [6.45, 7) is 4.23. The summed E-state index contributed by atoms with van der Waals surface area (Å²) in [6, 6.07) is 7.38. The van der Waals surface area contributed by atoms with Crippen molar-refractivity contribution in [3.8, 4) is 17.3 Å². The number of piperazine rings is 1. The van der Waals surface area contributed by atoms with Gasteiger partial charge in [-0.05, 0) is 87.2 Å². The molecule has 5 aromatic rings. The molecule has 1 aliphatic carbocycles. The first-order valence-electron chi connectivity index (χ1n) is 19.8. The smallest absolute Gasteiger partial charge is 0.329 e. The Balaban J connectivity index is 0.795. The number of piperidine rings is 1. The van der Waals surface area contributed by atoms with Crippen LogP contribution >= 0.6 is 0 Å². The number of aromatic nitrogens is 6. The first kappa shape index (κ1) is 39.7. The SMILES string of the molecule is Cn1c(=O)n(C2CCC(=O)NC2=O)c2ccc(CCCN3CCN(c4nccc(-c5nc(C6CCC(CNC(=O)c7cc(F)c(O)c(F)c7F)CC6)no5)n4)CC3)cc21. The van der Waals surface area contributed by atoms with E-state index in [0.717, 1.165) is 56.6 Å². The molecule has 310 valence electrons. The lowest BCUT2D eigenvalue weighted by Gasteiger charge is -2.34. The lowest BCUT2D eigenvalue weighted by molar-refractivity contribution is -0.135. The Kier molecular flexibility index (Phi) is 11.2. The fourth-order valence-electron chi connectivity index (χ4n) is 8.30. The van der Waals surface area contributed by atoms with E-state index < -0.39 is 46.6 Å². The lowest BCUT2D eigenvalue weighted by atomic mass is 9.81. The van der Waals surface area contributed by atoms with Gasteiger partial charge in [0, 0.05) is 58.3 Å². The molecule has 0 spiro atoms. The summed E-state index contributed by atoms with van der Waals surface area (Å²) in [5.74, 6) is -6.51. The van der Waals surface area contributed by atoms with Crippen molar-refractivity contribution in [2.24, 2.45) is 13.0 Å². The molecule has 5 heterocycles. The normalized spacial score (nSPS) is 20.3. The van der Waals surface area contributed by atoms with Crippen molar-refractivity contribution in [1.82, 2.24) is 44.8 Å². The summed E-state index contributed by atoms with van der Waals surface area (Å²) in [7, 11) is 1.70. The number of carbonyl (C=O) groups is 3. The fourth-order valence-corrected chi connectivity index (χ4v) is 8.30. The van der Waals surface area contributed by atoms with Crippen LogP contribution in [0.4, 0.5) is 19.1 Å². The number of hydrogen-bond acceptors (Lipinski definition) is 12. The molecule has 2 saturated heterocycles. The standard InChI is InChI=1S/C40H43F3N10O6/c1-50-30-19-22(6-9-28(30)53(40(50)58)29-10-11-31(54)47-37(29)57)3-2-14-51-15-17-52(18-16-51)39-44-13-12-27(46-39)38-48-35(49-59-38)24-7-4-23(5-8-24)21-45-36(56)25-20-26(41)34(55)33(43)32(25)42/h6,9,12-13,19-20,23-24,29,55H,2-5,7-8,10-11,14-18,21H2,1H3,(H,45,56)(H,47,54,57). The Bertz CT molecular complexity index is 2470. The summed E-state index contributed by atoms with van der Waals surface area (Å²) in [5.41, 5.74) is 1.95. The van der Waals surface area contributed by atoms with E-state index in [0.29, 0.717) is 61.2 Å². The lowest BCUT2D eigenvalue weighted by Crippen LogP contribution is -2.47. The monoisotopic (exact) mass is 816 g/mol. The highest BCUT2D eigenvalue weighted by molar-refractivity contribution is 6.00. The van der Waals surface area contributed by atoms with Gasteiger partial charge in [-0.25, -0.2) is 23.5 Å². The van der Waals surface area contributed by atoms with Crippen molar-refractivity contribution in [1.29, 1.82) is 0 Å². The van der Waals surface area contributed by atoms with E-state index >= 15 is 0 Å². The van der Waals surface area contributed by atoms with Crippen LogP contribution in [-0.4, -0.2) is 96.2 Å². The molecule has 1 saturated carbocycles. The summed E-state index contributed by atoms with van der Waals surface area (Å²) < 4.78 is 50.2. The first-order chi connectivity index (χ1) is 28.4. The van der Waals surface area contributed by atoms with Crippen LogP contribution in [0.2, 0.25) is 0 Å². The number of nitrogens with one attached hydrogen (secondary N) is 2. The highest BCUT2D eigenvalue weighted by atomic mass is 19.2. The summed E-state index contributed by atoms with van der Waals surface area (Å²) in [6.07, 6.45) is 6.75. The van der Waals surface area contributed by atoms with Crippen LogP contribution in [0, 0.1) is 23.4 Å². The van der Waals surface area contributed by atoms with Crippen molar-refractivity contribution < 1.29 is 37.2 Å². The van der Waals surface area contributed by atoms with E-state index in [2.05, 4.69) is 35.6 Å². The molecule has 2 aromatic carbocycles. The minimum atomic E-state index is -1.80. The van der Waals surface area contributed by atoms with Crippen LogP contribution in [0.15, 0.2) is 45.8 Å². The van der Waals surface area contributed by atoms with Crippen LogP contribution in [-0.2, 0) is 23.1 Å². The molecule has 16 nitrogen and oxygen atoms in total. The second-order valence-electron chi connectivity index (χ2n) is 15.4. The van der Waals surface area contributed by atoms with E-state index in [9.17, 15) is 37.5 Å². The van der Waals surface area contributed by atoms with Crippen molar-refractivity contribution >= 4 is 34.7 Å². The van der Waals surface area contributed by atoms with Gasteiger partial charge in [0.1, 0.15) is 11.7 Å². The maximum absolute atomic E-state index is 14.1. The summed E-state index contributed by atoms with van der Waals surface area (Å²) in [5, 5.41) is 18.3. The number of imide groups is 1. The maximum atomic E-state index is 14.1. The van der Waals surface area contributed by atoms with Crippen LogP contribution in [0.25, 0.3) is 22.6 Å². The minimum absolute atomic E-state index is 0.0233. The molecular weight excluding hydrogens is 773 g/mol. The number of benzene rings is 2. The van der Waals surface area contributed by atoms with Crippen molar-refractivity contribution in [2.75, 3.05) is 44.2 Å². The number of phenolic OH excluding ortho intramolecular Hbond substituents is 1. The topological polar surface area (TPSA) is 194 Å². The fraction of sp³-hybridized carbons (Fsp3) is 0.450. The molecule has 59 heavy (non-hydrogen) atoms. The van der Waals surface area contributed by atoms with Gasteiger partial charge in [0.25, 0.3) is 11.8 Å². The molecule has 3 N–H and O–H groups in total. The Hall–Kier alpha value is -6.11.